The number of anilines is 1. The monoisotopic (exact) mass is 304 g/mol. The topological polar surface area (TPSA) is 69.6 Å². The summed E-state index contributed by atoms with van der Waals surface area (Å²) in [7, 11) is 0. The third-order valence-electron chi connectivity index (χ3n) is 4.27. The van der Waals surface area contributed by atoms with Gasteiger partial charge in [0.25, 0.3) is 0 Å². The number of amides is 1. The van der Waals surface area contributed by atoms with Gasteiger partial charge in [-0.15, -0.1) is 0 Å². The van der Waals surface area contributed by atoms with Gasteiger partial charge in [0.2, 0.25) is 5.91 Å². The third-order valence-corrected chi connectivity index (χ3v) is 4.27. The van der Waals surface area contributed by atoms with E-state index in [2.05, 4.69) is 10.2 Å². The fourth-order valence-electron chi connectivity index (χ4n) is 2.83. The summed E-state index contributed by atoms with van der Waals surface area (Å²) in [5, 5.41) is 12.2. The predicted octanol–water partition coefficient (Wildman–Crippen LogP) is 1.92. The molecule has 0 saturated carbocycles. The van der Waals surface area contributed by atoms with Gasteiger partial charge in [0, 0.05) is 24.4 Å². The number of likely N-dealkylation sites (tertiary alicyclic amines) is 1. The number of rotatable bonds is 5. The molecule has 0 bridgehead atoms. The Hall–Kier alpha value is -1.72. The van der Waals surface area contributed by atoms with E-state index in [0.717, 1.165) is 25.9 Å². The zero-order valence-corrected chi connectivity index (χ0v) is 13.2. The van der Waals surface area contributed by atoms with Crippen LogP contribution in [0, 0.1) is 5.92 Å². The standard InChI is InChI=1S/C17H24N2O3/c1-12(19-8-4-5-14(10-19)11-20)17(22)18-16-7-3-6-15(9-16)13(2)21/h3,6-7,9,12,14,20H,4-5,8,10-11H2,1-2H3,(H,18,22). The molecule has 1 fully saturated rings. The minimum Gasteiger partial charge on any atom is -0.396 e. The average molecular weight is 304 g/mol. The molecule has 1 aromatic carbocycles. The zero-order valence-electron chi connectivity index (χ0n) is 13.2. The summed E-state index contributed by atoms with van der Waals surface area (Å²) in [6, 6.07) is 6.72. The fraction of sp³-hybridized carbons (Fsp3) is 0.529. The first-order chi connectivity index (χ1) is 10.5. The van der Waals surface area contributed by atoms with Crippen LogP contribution in [0.4, 0.5) is 5.69 Å². The van der Waals surface area contributed by atoms with Crippen molar-refractivity contribution in [3.8, 4) is 0 Å². The molecule has 2 rings (SSSR count). The van der Waals surface area contributed by atoms with Crippen LogP contribution in [0.15, 0.2) is 24.3 Å². The average Bonchev–Trinajstić information content (AvgIpc) is 2.54. The number of benzene rings is 1. The van der Waals surface area contributed by atoms with E-state index in [9.17, 15) is 14.7 Å². The van der Waals surface area contributed by atoms with Crippen LogP contribution in [-0.2, 0) is 4.79 Å². The van der Waals surface area contributed by atoms with Gasteiger partial charge in [-0.3, -0.25) is 14.5 Å². The molecule has 1 heterocycles. The number of piperidine rings is 1. The van der Waals surface area contributed by atoms with Crippen LogP contribution in [0.25, 0.3) is 0 Å². The Morgan fingerprint density at radius 1 is 1.45 bits per heavy atom. The number of hydrogen-bond donors (Lipinski definition) is 2. The van der Waals surface area contributed by atoms with Gasteiger partial charge in [0.05, 0.1) is 6.04 Å². The summed E-state index contributed by atoms with van der Waals surface area (Å²) in [5.74, 6) is 0.148. The molecular weight excluding hydrogens is 280 g/mol. The molecule has 1 amide bonds. The largest absolute Gasteiger partial charge is 0.396 e. The van der Waals surface area contributed by atoms with Crippen molar-refractivity contribution in [3.05, 3.63) is 29.8 Å². The number of nitrogens with zero attached hydrogens (tertiary/aromatic N) is 1. The molecule has 120 valence electrons. The van der Waals surface area contributed by atoms with Gasteiger partial charge in [-0.1, -0.05) is 12.1 Å². The first-order valence-electron chi connectivity index (χ1n) is 7.78. The lowest BCUT2D eigenvalue weighted by Crippen LogP contribution is -2.47. The first-order valence-corrected chi connectivity index (χ1v) is 7.78. The summed E-state index contributed by atoms with van der Waals surface area (Å²) in [6.45, 7) is 5.18. The first kappa shape index (κ1) is 16.6. The Labute approximate surface area is 131 Å². The highest BCUT2D eigenvalue weighted by Gasteiger charge is 2.27. The zero-order chi connectivity index (χ0) is 16.1. The fourth-order valence-corrected chi connectivity index (χ4v) is 2.83. The van der Waals surface area contributed by atoms with Crippen LogP contribution in [0.1, 0.15) is 37.0 Å². The summed E-state index contributed by atoms with van der Waals surface area (Å²) >= 11 is 0. The van der Waals surface area contributed by atoms with E-state index in [1.165, 1.54) is 6.92 Å². The Kier molecular flexibility index (Phi) is 5.69. The summed E-state index contributed by atoms with van der Waals surface area (Å²) < 4.78 is 0. The van der Waals surface area contributed by atoms with Crippen molar-refractivity contribution in [2.24, 2.45) is 5.92 Å². The van der Waals surface area contributed by atoms with Crippen LogP contribution < -0.4 is 5.32 Å². The second-order valence-corrected chi connectivity index (χ2v) is 5.99. The Morgan fingerprint density at radius 3 is 2.91 bits per heavy atom. The van der Waals surface area contributed by atoms with Crippen molar-refractivity contribution >= 4 is 17.4 Å². The van der Waals surface area contributed by atoms with E-state index in [0.29, 0.717) is 11.3 Å². The van der Waals surface area contributed by atoms with E-state index in [4.69, 9.17) is 0 Å². The van der Waals surface area contributed by atoms with E-state index in [1.54, 1.807) is 24.3 Å². The van der Waals surface area contributed by atoms with Crippen molar-refractivity contribution in [1.29, 1.82) is 0 Å². The van der Waals surface area contributed by atoms with Crippen molar-refractivity contribution < 1.29 is 14.7 Å². The van der Waals surface area contributed by atoms with E-state index >= 15 is 0 Å². The molecular formula is C17H24N2O3. The number of carbonyl (C=O) groups is 2. The second kappa shape index (κ2) is 7.51. The normalized spacial score (nSPS) is 20.4. The molecule has 1 aromatic rings. The number of nitrogens with one attached hydrogen (secondary N) is 1. The Bertz CT molecular complexity index is 544. The van der Waals surface area contributed by atoms with Gasteiger partial charge in [-0.25, -0.2) is 0 Å². The highest BCUT2D eigenvalue weighted by Crippen LogP contribution is 2.19. The maximum absolute atomic E-state index is 12.4. The molecule has 2 atom stereocenters. The third kappa shape index (κ3) is 4.15. The number of carbonyl (C=O) groups excluding carboxylic acids is 2. The molecule has 1 aliphatic rings. The summed E-state index contributed by atoms with van der Waals surface area (Å²) in [4.78, 5) is 25.9. The van der Waals surface area contributed by atoms with Crippen LogP contribution in [-0.4, -0.2) is 47.4 Å². The van der Waals surface area contributed by atoms with Crippen molar-refractivity contribution in [1.82, 2.24) is 4.90 Å². The number of ketones is 1. The number of hydrogen-bond acceptors (Lipinski definition) is 4. The van der Waals surface area contributed by atoms with E-state index in [-0.39, 0.29) is 30.3 Å². The Balaban J connectivity index is 1.99. The minimum atomic E-state index is -0.254. The minimum absolute atomic E-state index is 0.0223. The van der Waals surface area contributed by atoms with Crippen molar-refractivity contribution in [2.75, 3.05) is 25.0 Å². The van der Waals surface area contributed by atoms with Gasteiger partial charge in [0.1, 0.15) is 0 Å². The van der Waals surface area contributed by atoms with Crippen molar-refractivity contribution in [3.63, 3.8) is 0 Å². The molecule has 0 spiro atoms. The number of Topliss-reactive ketones (excluding diaryl/α,β-unsaturated/α-hetero) is 1. The number of aliphatic hydroxyl groups is 1. The molecule has 5 nitrogen and oxygen atoms in total. The smallest absolute Gasteiger partial charge is 0.241 e. The predicted molar refractivity (Wildman–Crippen MR) is 85.9 cm³/mol. The molecule has 2 unspecified atom stereocenters. The van der Waals surface area contributed by atoms with Crippen LogP contribution in [0.3, 0.4) is 0 Å². The molecule has 0 radical (unpaired) electrons. The lowest BCUT2D eigenvalue weighted by molar-refractivity contribution is -0.121. The lowest BCUT2D eigenvalue weighted by atomic mass is 9.97. The van der Waals surface area contributed by atoms with Crippen LogP contribution in [0.5, 0.6) is 0 Å². The molecule has 2 N–H and O–H groups in total. The number of aliphatic hydroxyl groups excluding tert-OH is 1. The van der Waals surface area contributed by atoms with Gasteiger partial charge in [0.15, 0.2) is 5.78 Å². The second-order valence-electron chi connectivity index (χ2n) is 5.99. The molecule has 1 saturated heterocycles. The maximum Gasteiger partial charge on any atom is 0.241 e. The Morgan fingerprint density at radius 2 is 2.23 bits per heavy atom. The quantitative estimate of drug-likeness (QED) is 0.816. The van der Waals surface area contributed by atoms with Gasteiger partial charge >= 0.3 is 0 Å². The summed E-state index contributed by atoms with van der Waals surface area (Å²) in [6.07, 6.45) is 2.02. The lowest BCUT2D eigenvalue weighted by Gasteiger charge is -2.35. The van der Waals surface area contributed by atoms with Crippen LogP contribution in [0.2, 0.25) is 0 Å². The molecule has 1 aliphatic heterocycles. The highest BCUT2D eigenvalue weighted by molar-refractivity contribution is 5.98. The molecule has 5 heteroatoms. The van der Waals surface area contributed by atoms with E-state index in [1.807, 2.05) is 6.92 Å². The molecule has 0 aliphatic carbocycles. The highest BCUT2D eigenvalue weighted by atomic mass is 16.3. The van der Waals surface area contributed by atoms with Gasteiger partial charge < -0.3 is 10.4 Å². The van der Waals surface area contributed by atoms with Crippen molar-refractivity contribution in [2.45, 2.75) is 32.7 Å². The van der Waals surface area contributed by atoms with Gasteiger partial charge in [-0.05, 0) is 51.3 Å². The summed E-state index contributed by atoms with van der Waals surface area (Å²) in [5.41, 5.74) is 1.23. The molecule has 22 heavy (non-hydrogen) atoms. The van der Waals surface area contributed by atoms with Crippen LogP contribution >= 0.6 is 0 Å². The van der Waals surface area contributed by atoms with Gasteiger partial charge in [-0.2, -0.15) is 0 Å². The van der Waals surface area contributed by atoms with E-state index < -0.39 is 0 Å². The maximum atomic E-state index is 12.4. The molecule has 0 aromatic heterocycles. The SMILES string of the molecule is CC(=O)c1cccc(NC(=O)C(C)N2CCCC(CO)C2)c1.